The molecule has 1 atom stereocenters. The summed E-state index contributed by atoms with van der Waals surface area (Å²) in [5, 5.41) is 2.81. The second-order valence-electron chi connectivity index (χ2n) is 4.91. The molecule has 0 aliphatic heterocycles. The first-order valence-corrected chi connectivity index (χ1v) is 6.57. The molecule has 0 heterocycles. The number of nitrogens with one attached hydrogen (secondary N) is 1. The molecule has 0 aromatic rings. The number of carbonyl (C=O) groups excluding carboxylic acids is 2. The minimum absolute atomic E-state index is 0.0864. The van der Waals surface area contributed by atoms with Crippen molar-refractivity contribution >= 4 is 11.9 Å². The van der Waals surface area contributed by atoms with Crippen LogP contribution < -0.4 is 11.1 Å². The Labute approximate surface area is 109 Å². The van der Waals surface area contributed by atoms with Crippen LogP contribution in [0, 0.1) is 5.92 Å². The lowest BCUT2D eigenvalue weighted by Crippen LogP contribution is -2.41. The average Bonchev–Trinajstić information content (AvgIpc) is 2.31. The largest absolute Gasteiger partial charge is 0.469 e. The second kappa shape index (κ2) is 9.88. The molecule has 0 aliphatic carbocycles. The molecule has 0 saturated carbocycles. The predicted octanol–water partition coefficient (Wildman–Crippen LogP) is 1.21. The summed E-state index contributed by atoms with van der Waals surface area (Å²) in [5.41, 5.74) is 5.74. The van der Waals surface area contributed by atoms with Gasteiger partial charge in [-0.1, -0.05) is 20.3 Å². The number of unbranched alkanes of at least 4 members (excludes halogenated alkanes) is 2. The standard InChI is InChI=1S/C13H26N2O3/c1-10(2)9-11(14)13(17)15-8-6-4-5-7-12(16)18-3/h10-11H,4-9,14H2,1-3H3,(H,15,17)/t11-/m0/s1. The van der Waals surface area contributed by atoms with Gasteiger partial charge in [-0.2, -0.15) is 0 Å². The van der Waals surface area contributed by atoms with E-state index in [9.17, 15) is 9.59 Å². The fourth-order valence-electron chi connectivity index (χ4n) is 1.63. The van der Waals surface area contributed by atoms with Crippen molar-refractivity contribution in [3.05, 3.63) is 0 Å². The highest BCUT2D eigenvalue weighted by Crippen LogP contribution is 2.03. The highest BCUT2D eigenvalue weighted by atomic mass is 16.5. The quantitative estimate of drug-likeness (QED) is 0.481. The third-order valence-corrected chi connectivity index (χ3v) is 2.65. The van der Waals surface area contributed by atoms with E-state index in [4.69, 9.17) is 5.73 Å². The van der Waals surface area contributed by atoms with Gasteiger partial charge in [-0.15, -0.1) is 0 Å². The summed E-state index contributed by atoms with van der Waals surface area (Å²) < 4.78 is 4.54. The van der Waals surface area contributed by atoms with E-state index < -0.39 is 6.04 Å². The number of nitrogens with two attached hydrogens (primary N) is 1. The number of methoxy groups -OCH3 is 1. The minimum atomic E-state index is -0.417. The summed E-state index contributed by atoms with van der Waals surface area (Å²) in [6, 6.07) is -0.417. The maximum absolute atomic E-state index is 11.6. The van der Waals surface area contributed by atoms with Crippen molar-refractivity contribution in [1.82, 2.24) is 5.32 Å². The van der Waals surface area contributed by atoms with Gasteiger partial charge < -0.3 is 15.8 Å². The minimum Gasteiger partial charge on any atom is -0.469 e. The molecular weight excluding hydrogens is 232 g/mol. The van der Waals surface area contributed by atoms with E-state index in [0.29, 0.717) is 25.3 Å². The summed E-state index contributed by atoms with van der Waals surface area (Å²) in [6.07, 6.45) is 3.69. The summed E-state index contributed by atoms with van der Waals surface area (Å²) >= 11 is 0. The van der Waals surface area contributed by atoms with Gasteiger partial charge in [0.1, 0.15) is 0 Å². The van der Waals surface area contributed by atoms with Gasteiger partial charge >= 0.3 is 5.97 Å². The van der Waals surface area contributed by atoms with Crippen LogP contribution in [0.5, 0.6) is 0 Å². The van der Waals surface area contributed by atoms with Gasteiger partial charge in [0.25, 0.3) is 0 Å². The fourth-order valence-corrected chi connectivity index (χ4v) is 1.63. The Hall–Kier alpha value is -1.10. The first-order chi connectivity index (χ1) is 8.47. The number of ether oxygens (including phenoxy) is 1. The zero-order chi connectivity index (χ0) is 14.0. The Kier molecular flexibility index (Phi) is 9.28. The van der Waals surface area contributed by atoms with Crippen molar-refractivity contribution in [2.45, 2.75) is 52.0 Å². The van der Waals surface area contributed by atoms with Crippen molar-refractivity contribution in [2.24, 2.45) is 11.7 Å². The van der Waals surface area contributed by atoms with Crippen molar-refractivity contribution in [3.8, 4) is 0 Å². The Morgan fingerprint density at radius 3 is 2.44 bits per heavy atom. The fraction of sp³-hybridized carbons (Fsp3) is 0.846. The van der Waals surface area contributed by atoms with E-state index in [2.05, 4.69) is 10.1 Å². The van der Waals surface area contributed by atoms with E-state index in [1.54, 1.807) is 0 Å². The SMILES string of the molecule is COC(=O)CCCCCNC(=O)[C@@H](N)CC(C)C. The van der Waals surface area contributed by atoms with Gasteiger partial charge in [0.2, 0.25) is 5.91 Å². The Bertz CT molecular complexity index is 255. The molecule has 106 valence electrons. The van der Waals surface area contributed by atoms with Crippen LogP contribution in [0.2, 0.25) is 0 Å². The molecule has 0 saturated heterocycles. The molecule has 5 heteroatoms. The smallest absolute Gasteiger partial charge is 0.305 e. The van der Waals surface area contributed by atoms with Crippen LogP contribution in [0.15, 0.2) is 0 Å². The zero-order valence-corrected chi connectivity index (χ0v) is 11.7. The molecule has 0 radical (unpaired) electrons. The molecule has 18 heavy (non-hydrogen) atoms. The van der Waals surface area contributed by atoms with E-state index in [1.165, 1.54) is 7.11 Å². The molecular formula is C13H26N2O3. The van der Waals surface area contributed by atoms with E-state index >= 15 is 0 Å². The number of amides is 1. The zero-order valence-electron chi connectivity index (χ0n) is 11.7. The molecule has 0 aromatic carbocycles. The van der Waals surface area contributed by atoms with E-state index in [0.717, 1.165) is 19.3 Å². The Morgan fingerprint density at radius 2 is 1.89 bits per heavy atom. The highest BCUT2D eigenvalue weighted by molar-refractivity contribution is 5.81. The molecule has 0 rings (SSSR count). The summed E-state index contributed by atoms with van der Waals surface area (Å²) in [5.74, 6) is 0.153. The van der Waals surface area contributed by atoms with Crippen LogP contribution in [0.1, 0.15) is 46.0 Å². The van der Waals surface area contributed by atoms with Crippen LogP contribution >= 0.6 is 0 Å². The lowest BCUT2D eigenvalue weighted by atomic mass is 10.0. The van der Waals surface area contributed by atoms with Crippen LogP contribution in [-0.4, -0.2) is 31.6 Å². The number of hydrogen-bond acceptors (Lipinski definition) is 4. The summed E-state index contributed by atoms with van der Waals surface area (Å²) in [7, 11) is 1.39. The predicted molar refractivity (Wildman–Crippen MR) is 70.9 cm³/mol. The van der Waals surface area contributed by atoms with Gasteiger partial charge in [0, 0.05) is 13.0 Å². The molecule has 0 aromatic heterocycles. The van der Waals surface area contributed by atoms with Gasteiger partial charge in [-0.25, -0.2) is 0 Å². The Balaban J connectivity index is 3.48. The maximum atomic E-state index is 11.6. The van der Waals surface area contributed by atoms with Crippen LogP contribution in [-0.2, 0) is 14.3 Å². The van der Waals surface area contributed by atoms with Crippen LogP contribution in [0.4, 0.5) is 0 Å². The number of hydrogen-bond donors (Lipinski definition) is 2. The second-order valence-corrected chi connectivity index (χ2v) is 4.91. The average molecular weight is 258 g/mol. The normalized spacial score (nSPS) is 12.3. The van der Waals surface area contributed by atoms with Crippen LogP contribution in [0.3, 0.4) is 0 Å². The highest BCUT2D eigenvalue weighted by Gasteiger charge is 2.13. The van der Waals surface area contributed by atoms with Crippen molar-refractivity contribution in [3.63, 3.8) is 0 Å². The summed E-state index contributed by atoms with van der Waals surface area (Å²) in [6.45, 7) is 4.70. The third kappa shape index (κ3) is 8.98. The van der Waals surface area contributed by atoms with Gasteiger partial charge in [-0.3, -0.25) is 9.59 Å². The molecule has 0 bridgehead atoms. The lowest BCUT2D eigenvalue weighted by molar-refractivity contribution is -0.140. The number of esters is 1. The number of carbonyl (C=O) groups is 2. The van der Waals surface area contributed by atoms with E-state index in [-0.39, 0.29) is 11.9 Å². The monoisotopic (exact) mass is 258 g/mol. The first-order valence-electron chi connectivity index (χ1n) is 6.57. The van der Waals surface area contributed by atoms with Crippen LogP contribution in [0.25, 0.3) is 0 Å². The molecule has 0 aliphatic rings. The maximum Gasteiger partial charge on any atom is 0.305 e. The van der Waals surface area contributed by atoms with Gasteiger partial charge in [0.15, 0.2) is 0 Å². The summed E-state index contributed by atoms with van der Waals surface area (Å²) in [4.78, 5) is 22.4. The third-order valence-electron chi connectivity index (χ3n) is 2.65. The molecule has 0 fully saturated rings. The molecule has 5 nitrogen and oxygen atoms in total. The lowest BCUT2D eigenvalue weighted by Gasteiger charge is -2.13. The van der Waals surface area contributed by atoms with E-state index in [1.807, 2.05) is 13.8 Å². The number of rotatable bonds is 9. The molecule has 1 amide bonds. The Morgan fingerprint density at radius 1 is 1.22 bits per heavy atom. The molecule has 0 unspecified atom stereocenters. The van der Waals surface area contributed by atoms with Gasteiger partial charge in [0.05, 0.1) is 13.2 Å². The topological polar surface area (TPSA) is 81.4 Å². The van der Waals surface area contributed by atoms with Crippen molar-refractivity contribution in [1.29, 1.82) is 0 Å². The molecule has 0 spiro atoms. The van der Waals surface area contributed by atoms with Crippen molar-refractivity contribution < 1.29 is 14.3 Å². The first kappa shape index (κ1) is 16.9. The van der Waals surface area contributed by atoms with Gasteiger partial charge in [-0.05, 0) is 25.2 Å². The van der Waals surface area contributed by atoms with Crippen molar-refractivity contribution in [2.75, 3.05) is 13.7 Å². The molecule has 3 N–H and O–H groups in total.